The fourth-order valence-electron chi connectivity index (χ4n) is 2.62. The third-order valence-electron chi connectivity index (χ3n) is 3.17. The van der Waals surface area contributed by atoms with Crippen molar-refractivity contribution in [1.29, 1.82) is 0 Å². The Labute approximate surface area is 90.2 Å². The highest BCUT2D eigenvalue weighted by atomic mass is 16.5. The van der Waals surface area contributed by atoms with Gasteiger partial charge >= 0.3 is 0 Å². The maximum absolute atomic E-state index is 5.60. The van der Waals surface area contributed by atoms with E-state index in [1.165, 1.54) is 12.8 Å². The van der Waals surface area contributed by atoms with Crippen LogP contribution in [0.25, 0.3) is 0 Å². The van der Waals surface area contributed by atoms with Gasteiger partial charge in [-0.25, -0.2) is 0 Å². The lowest BCUT2D eigenvalue weighted by atomic mass is 9.69. The van der Waals surface area contributed by atoms with Crippen LogP contribution in [0.3, 0.4) is 0 Å². The van der Waals surface area contributed by atoms with E-state index in [2.05, 4.69) is 41.5 Å². The molecule has 0 bridgehead atoms. The molecule has 1 heteroatoms. The SMILES string of the molecule is CCC(OC)C(C)(CC)CC(C)(C)C. The summed E-state index contributed by atoms with van der Waals surface area (Å²) >= 11 is 0. The topological polar surface area (TPSA) is 9.23 Å². The van der Waals surface area contributed by atoms with Crippen molar-refractivity contribution in [3.05, 3.63) is 0 Å². The molecule has 2 unspecified atom stereocenters. The molecule has 0 aliphatic rings. The number of rotatable bonds is 5. The summed E-state index contributed by atoms with van der Waals surface area (Å²) < 4.78 is 5.60. The molecule has 2 atom stereocenters. The maximum Gasteiger partial charge on any atom is 0.0622 e. The Bertz CT molecular complexity index is 153. The van der Waals surface area contributed by atoms with Crippen molar-refractivity contribution in [2.24, 2.45) is 10.8 Å². The molecule has 0 aliphatic carbocycles. The van der Waals surface area contributed by atoms with Crippen LogP contribution in [-0.2, 0) is 4.74 Å². The first-order valence-electron chi connectivity index (χ1n) is 5.82. The van der Waals surface area contributed by atoms with Gasteiger partial charge in [0.1, 0.15) is 0 Å². The number of hydrogen-bond acceptors (Lipinski definition) is 1. The van der Waals surface area contributed by atoms with Gasteiger partial charge in [-0.2, -0.15) is 0 Å². The van der Waals surface area contributed by atoms with E-state index in [1.54, 1.807) is 0 Å². The summed E-state index contributed by atoms with van der Waals surface area (Å²) in [6.45, 7) is 13.8. The Kier molecular flexibility index (Phi) is 5.14. The highest BCUT2D eigenvalue weighted by Crippen LogP contribution is 2.40. The molecular weight excluding hydrogens is 172 g/mol. The molecule has 0 rings (SSSR count). The molecule has 0 heterocycles. The minimum absolute atomic E-state index is 0.321. The van der Waals surface area contributed by atoms with Crippen LogP contribution in [-0.4, -0.2) is 13.2 Å². The lowest BCUT2D eigenvalue weighted by molar-refractivity contribution is -0.0292. The molecule has 0 spiro atoms. The lowest BCUT2D eigenvalue weighted by Gasteiger charge is -2.40. The second-order valence-corrected chi connectivity index (χ2v) is 5.88. The molecule has 0 saturated carbocycles. The van der Waals surface area contributed by atoms with Crippen LogP contribution < -0.4 is 0 Å². The summed E-state index contributed by atoms with van der Waals surface area (Å²) in [6.07, 6.45) is 3.92. The summed E-state index contributed by atoms with van der Waals surface area (Å²) in [5, 5.41) is 0. The van der Waals surface area contributed by atoms with E-state index in [0.29, 0.717) is 16.9 Å². The summed E-state index contributed by atoms with van der Waals surface area (Å²) in [5.41, 5.74) is 0.707. The molecular formula is C13H28O. The molecule has 0 aromatic heterocycles. The van der Waals surface area contributed by atoms with E-state index in [4.69, 9.17) is 4.74 Å². The van der Waals surface area contributed by atoms with Crippen molar-refractivity contribution < 1.29 is 4.74 Å². The Balaban J connectivity index is 4.60. The van der Waals surface area contributed by atoms with E-state index in [1.807, 2.05) is 7.11 Å². The van der Waals surface area contributed by atoms with Gasteiger partial charge in [-0.1, -0.05) is 41.5 Å². The molecule has 0 aromatic carbocycles. The summed E-state index contributed by atoms with van der Waals surface area (Å²) in [4.78, 5) is 0. The van der Waals surface area contributed by atoms with Crippen molar-refractivity contribution >= 4 is 0 Å². The predicted molar refractivity (Wildman–Crippen MR) is 63.6 cm³/mol. The van der Waals surface area contributed by atoms with E-state index >= 15 is 0 Å². The summed E-state index contributed by atoms with van der Waals surface area (Å²) in [5.74, 6) is 0. The van der Waals surface area contributed by atoms with Crippen molar-refractivity contribution in [1.82, 2.24) is 0 Å². The number of hydrogen-bond donors (Lipinski definition) is 0. The van der Waals surface area contributed by atoms with Crippen LogP contribution in [0.5, 0.6) is 0 Å². The third kappa shape index (κ3) is 4.00. The molecule has 86 valence electrons. The molecule has 0 radical (unpaired) electrons. The first-order valence-corrected chi connectivity index (χ1v) is 5.82. The van der Waals surface area contributed by atoms with Gasteiger partial charge in [0.05, 0.1) is 6.10 Å². The van der Waals surface area contributed by atoms with E-state index in [-0.39, 0.29) is 0 Å². The average Bonchev–Trinajstić information content (AvgIpc) is 2.03. The predicted octanol–water partition coefficient (Wildman–Crippen LogP) is 4.26. The van der Waals surface area contributed by atoms with E-state index < -0.39 is 0 Å². The standard InChI is InChI=1S/C13H28O/c1-8-11(14-7)13(6,9-2)10-12(3,4)5/h11H,8-10H2,1-7H3. The molecule has 0 fully saturated rings. The zero-order valence-corrected chi connectivity index (χ0v) is 11.1. The van der Waals surface area contributed by atoms with Gasteiger partial charge in [0.25, 0.3) is 0 Å². The first-order chi connectivity index (χ1) is 6.29. The normalized spacial score (nSPS) is 19.1. The van der Waals surface area contributed by atoms with Gasteiger partial charge in [-0.3, -0.25) is 0 Å². The molecule has 0 saturated heterocycles. The van der Waals surface area contributed by atoms with Crippen LogP contribution in [0, 0.1) is 10.8 Å². The van der Waals surface area contributed by atoms with E-state index in [0.717, 1.165) is 6.42 Å². The van der Waals surface area contributed by atoms with Gasteiger partial charge in [0.15, 0.2) is 0 Å². The fourth-order valence-corrected chi connectivity index (χ4v) is 2.62. The van der Waals surface area contributed by atoms with Crippen molar-refractivity contribution in [2.45, 2.75) is 66.9 Å². The molecule has 14 heavy (non-hydrogen) atoms. The van der Waals surface area contributed by atoms with Gasteiger partial charge in [-0.05, 0) is 30.1 Å². The highest BCUT2D eigenvalue weighted by molar-refractivity contribution is 4.85. The van der Waals surface area contributed by atoms with Crippen molar-refractivity contribution in [2.75, 3.05) is 7.11 Å². The first kappa shape index (κ1) is 14.0. The van der Waals surface area contributed by atoms with Gasteiger partial charge in [0.2, 0.25) is 0 Å². The molecule has 0 amide bonds. The van der Waals surface area contributed by atoms with Crippen LogP contribution in [0.1, 0.15) is 60.8 Å². The number of methoxy groups -OCH3 is 1. The summed E-state index contributed by atoms with van der Waals surface area (Å²) in [7, 11) is 1.84. The van der Waals surface area contributed by atoms with Gasteiger partial charge < -0.3 is 4.74 Å². The monoisotopic (exact) mass is 200 g/mol. The quantitative estimate of drug-likeness (QED) is 0.644. The maximum atomic E-state index is 5.60. The van der Waals surface area contributed by atoms with Crippen LogP contribution >= 0.6 is 0 Å². The Morgan fingerprint density at radius 3 is 1.79 bits per heavy atom. The van der Waals surface area contributed by atoms with Crippen LogP contribution in [0.4, 0.5) is 0 Å². The average molecular weight is 200 g/mol. The molecule has 1 nitrogen and oxygen atoms in total. The Morgan fingerprint density at radius 2 is 1.57 bits per heavy atom. The zero-order chi connectivity index (χ0) is 11.4. The third-order valence-corrected chi connectivity index (χ3v) is 3.17. The van der Waals surface area contributed by atoms with Gasteiger partial charge in [0, 0.05) is 7.11 Å². The minimum atomic E-state index is 0.321. The zero-order valence-electron chi connectivity index (χ0n) is 11.1. The Hall–Kier alpha value is -0.0400. The highest BCUT2D eigenvalue weighted by Gasteiger charge is 2.35. The van der Waals surface area contributed by atoms with E-state index in [9.17, 15) is 0 Å². The van der Waals surface area contributed by atoms with Crippen molar-refractivity contribution in [3.63, 3.8) is 0 Å². The second-order valence-electron chi connectivity index (χ2n) is 5.88. The molecule has 0 aliphatic heterocycles. The fraction of sp³-hybridized carbons (Fsp3) is 1.00. The second kappa shape index (κ2) is 5.16. The summed E-state index contributed by atoms with van der Waals surface area (Å²) in [6, 6.07) is 0. The Morgan fingerprint density at radius 1 is 1.07 bits per heavy atom. The van der Waals surface area contributed by atoms with Crippen LogP contribution in [0.2, 0.25) is 0 Å². The minimum Gasteiger partial charge on any atom is -0.381 e. The smallest absolute Gasteiger partial charge is 0.0622 e. The lowest BCUT2D eigenvalue weighted by Crippen LogP contribution is -2.36. The van der Waals surface area contributed by atoms with Crippen molar-refractivity contribution in [3.8, 4) is 0 Å². The van der Waals surface area contributed by atoms with Gasteiger partial charge in [-0.15, -0.1) is 0 Å². The number of ether oxygens (including phenoxy) is 1. The largest absolute Gasteiger partial charge is 0.381 e. The molecule has 0 aromatic rings. The molecule has 0 N–H and O–H groups in total. The van der Waals surface area contributed by atoms with Crippen LogP contribution in [0.15, 0.2) is 0 Å².